The number of carboxylic acids is 1. The summed E-state index contributed by atoms with van der Waals surface area (Å²) in [5.74, 6) is -1.41. The summed E-state index contributed by atoms with van der Waals surface area (Å²) in [6.45, 7) is 1.61. The van der Waals surface area contributed by atoms with Crippen molar-refractivity contribution in [1.82, 2.24) is 0 Å². The van der Waals surface area contributed by atoms with Crippen LogP contribution in [0.1, 0.15) is 25.7 Å². The van der Waals surface area contributed by atoms with Crippen molar-refractivity contribution in [2.75, 3.05) is 18.4 Å². The number of anilines is 1. The molecule has 1 fully saturated rings. The van der Waals surface area contributed by atoms with Crippen molar-refractivity contribution >= 4 is 17.6 Å². The first-order valence-electron chi connectivity index (χ1n) is 7.07. The van der Waals surface area contributed by atoms with E-state index in [-0.39, 0.29) is 12.3 Å². The number of hydrogen-bond donors (Lipinski definition) is 2. The number of carboxylic acid groups (broad SMARTS) is 1. The summed E-state index contributed by atoms with van der Waals surface area (Å²) in [6.07, 6.45) is 3.13. The average Bonchev–Trinajstić information content (AvgIpc) is 2.46. The van der Waals surface area contributed by atoms with E-state index in [0.29, 0.717) is 5.69 Å². The quantitative estimate of drug-likeness (QED) is 0.739. The summed E-state index contributed by atoms with van der Waals surface area (Å²) in [7, 11) is 0. The Balaban J connectivity index is 1.93. The Morgan fingerprint density at radius 2 is 1.80 bits per heavy atom. The molecule has 0 saturated carbocycles. The van der Waals surface area contributed by atoms with Crippen LogP contribution in [0.25, 0.3) is 0 Å². The summed E-state index contributed by atoms with van der Waals surface area (Å²) in [5.41, 5.74) is 0.684. The van der Waals surface area contributed by atoms with Gasteiger partial charge in [-0.25, -0.2) is 0 Å². The van der Waals surface area contributed by atoms with Gasteiger partial charge in [-0.2, -0.15) is 0 Å². The van der Waals surface area contributed by atoms with Gasteiger partial charge in [0, 0.05) is 5.69 Å². The lowest BCUT2D eigenvalue weighted by Gasteiger charge is -2.31. The molecule has 1 saturated heterocycles. The van der Waals surface area contributed by atoms with Crippen LogP contribution in [0.5, 0.6) is 0 Å². The molecule has 20 heavy (non-hydrogen) atoms. The van der Waals surface area contributed by atoms with Crippen LogP contribution in [0.2, 0.25) is 0 Å². The summed E-state index contributed by atoms with van der Waals surface area (Å²) in [4.78, 5) is 24.2. The molecule has 1 aliphatic heterocycles. The number of piperidine rings is 1. The number of hydrogen-bond acceptors (Lipinski definition) is 3. The van der Waals surface area contributed by atoms with Crippen LogP contribution in [0, 0.1) is 0 Å². The van der Waals surface area contributed by atoms with Crippen molar-refractivity contribution in [2.45, 2.75) is 31.7 Å². The summed E-state index contributed by atoms with van der Waals surface area (Å²) in [5, 5.41) is 14.0. The molecule has 5 heteroatoms. The Labute approximate surface area is 118 Å². The zero-order chi connectivity index (χ0) is 14.4. The van der Waals surface area contributed by atoms with E-state index in [1.165, 1.54) is 0 Å². The minimum absolute atomic E-state index is 0.0352. The fourth-order valence-corrected chi connectivity index (χ4v) is 2.67. The number of likely N-dealkylation sites (tertiary alicyclic amines) is 1. The van der Waals surface area contributed by atoms with Crippen molar-refractivity contribution in [1.29, 1.82) is 0 Å². The van der Waals surface area contributed by atoms with Crippen molar-refractivity contribution < 1.29 is 19.6 Å². The molecule has 2 rings (SSSR count). The molecule has 1 amide bonds. The highest BCUT2D eigenvalue weighted by Gasteiger charge is 2.27. The largest absolute Gasteiger partial charge is 0.544 e. The minimum Gasteiger partial charge on any atom is -0.544 e. The molecule has 5 nitrogen and oxygen atoms in total. The van der Waals surface area contributed by atoms with Gasteiger partial charge in [0.1, 0.15) is 6.04 Å². The second-order valence-electron chi connectivity index (χ2n) is 5.21. The fraction of sp³-hybridized carbons (Fsp3) is 0.467. The molecule has 108 valence electrons. The molecular weight excluding hydrogens is 256 g/mol. The molecule has 1 atom stereocenters. The number of quaternary nitrogens is 1. The van der Waals surface area contributed by atoms with Crippen LogP contribution in [-0.4, -0.2) is 31.0 Å². The van der Waals surface area contributed by atoms with Gasteiger partial charge in [-0.3, -0.25) is 4.79 Å². The average molecular weight is 276 g/mol. The molecule has 0 radical (unpaired) electrons. The van der Waals surface area contributed by atoms with Crippen molar-refractivity contribution in [3.8, 4) is 0 Å². The molecular formula is C15H20N2O3. The normalized spacial score (nSPS) is 17.4. The van der Waals surface area contributed by atoms with Crippen LogP contribution >= 0.6 is 0 Å². The third-order valence-corrected chi connectivity index (χ3v) is 3.72. The van der Waals surface area contributed by atoms with Gasteiger partial charge >= 0.3 is 0 Å². The number of carbonyl (C=O) groups excluding carboxylic acids is 2. The first-order chi connectivity index (χ1) is 9.66. The highest BCUT2D eigenvalue weighted by molar-refractivity contribution is 5.93. The lowest BCUT2D eigenvalue weighted by Crippen LogP contribution is -3.18. The fourth-order valence-electron chi connectivity index (χ4n) is 2.67. The smallest absolute Gasteiger partial charge is 0.230 e. The second kappa shape index (κ2) is 7.05. The molecule has 2 N–H and O–H groups in total. The predicted octanol–water partition coefficient (Wildman–Crippen LogP) is -0.797. The zero-order valence-corrected chi connectivity index (χ0v) is 11.4. The standard InChI is InChI=1S/C15H20N2O3/c18-14(16-12-7-3-1-4-8-12)11-13(15(19)20)17-9-5-2-6-10-17/h1,3-4,7-8,13H,2,5-6,9-11H2,(H,16,18)(H,19,20). The molecule has 1 aliphatic rings. The van der Waals surface area contributed by atoms with E-state index in [1.807, 2.05) is 18.2 Å². The number of rotatable bonds is 5. The minimum atomic E-state index is -1.13. The summed E-state index contributed by atoms with van der Waals surface area (Å²) >= 11 is 0. The zero-order valence-electron chi connectivity index (χ0n) is 11.4. The molecule has 0 aromatic heterocycles. The third-order valence-electron chi connectivity index (χ3n) is 3.72. The topological polar surface area (TPSA) is 73.7 Å². The van der Waals surface area contributed by atoms with Crippen LogP contribution in [0.3, 0.4) is 0 Å². The van der Waals surface area contributed by atoms with E-state index in [4.69, 9.17) is 0 Å². The van der Waals surface area contributed by atoms with Crippen molar-refractivity contribution in [2.24, 2.45) is 0 Å². The summed E-state index contributed by atoms with van der Waals surface area (Å²) < 4.78 is 0. The summed E-state index contributed by atoms with van der Waals surface area (Å²) in [6, 6.07) is 8.30. The lowest BCUT2D eigenvalue weighted by atomic mass is 10.1. The third kappa shape index (κ3) is 4.06. The second-order valence-corrected chi connectivity index (χ2v) is 5.21. The lowest BCUT2D eigenvalue weighted by molar-refractivity contribution is -0.922. The molecule has 0 bridgehead atoms. The van der Waals surface area contributed by atoms with Crippen LogP contribution in [0.4, 0.5) is 5.69 Å². The van der Waals surface area contributed by atoms with Gasteiger partial charge in [-0.1, -0.05) is 18.2 Å². The number of carbonyl (C=O) groups is 2. The van der Waals surface area contributed by atoms with Gasteiger partial charge < -0.3 is 20.1 Å². The maximum atomic E-state index is 12.0. The molecule has 1 heterocycles. The molecule has 0 spiro atoms. The predicted molar refractivity (Wildman–Crippen MR) is 73.0 cm³/mol. The van der Waals surface area contributed by atoms with E-state index >= 15 is 0 Å². The van der Waals surface area contributed by atoms with Gasteiger partial charge in [0.2, 0.25) is 5.91 Å². The maximum absolute atomic E-state index is 12.0. The Bertz CT molecular complexity index is 455. The van der Waals surface area contributed by atoms with Crippen LogP contribution in [-0.2, 0) is 9.59 Å². The van der Waals surface area contributed by atoms with Gasteiger partial charge in [0.15, 0.2) is 0 Å². The van der Waals surface area contributed by atoms with Gasteiger partial charge in [-0.15, -0.1) is 0 Å². The Kier molecular flexibility index (Phi) is 5.12. The van der Waals surface area contributed by atoms with Crippen LogP contribution in [0.15, 0.2) is 30.3 Å². The van der Waals surface area contributed by atoms with E-state index in [2.05, 4.69) is 5.32 Å². The van der Waals surface area contributed by atoms with E-state index in [1.54, 1.807) is 12.1 Å². The first kappa shape index (κ1) is 14.5. The molecule has 1 unspecified atom stereocenters. The molecule has 1 aromatic carbocycles. The number of para-hydroxylation sites is 1. The van der Waals surface area contributed by atoms with Crippen molar-refractivity contribution in [3.05, 3.63) is 30.3 Å². The van der Waals surface area contributed by atoms with E-state index in [0.717, 1.165) is 37.3 Å². The number of amides is 1. The first-order valence-corrected chi connectivity index (χ1v) is 7.07. The van der Waals surface area contributed by atoms with Gasteiger partial charge in [0.05, 0.1) is 25.5 Å². The SMILES string of the molecule is O=C(CC(C(=O)[O-])[NH+]1CCCCC1)Nc1ccccc1. The Morgan fingerprint density at radius 3 is 2.40 bits per heavy atom. The van der Waals surface area contributed by atoms with Gasteiger partial charge in [0.25, 0.3) is 0 Å². The van der Waals surface area contributed by atoms with E-state index in [9.17, 15) is 14.7 Å². The number of nitrogens with one attached hydrogen (secondary N) is 2. The highest BCUT2D eigenvalue weighted by atomic mass is 16.4. The highest BCUT2D eigenvalue weighted by Crippen LogP contribution is 2.06. The van der Waals surface area contributed by atoms with Crippen LogP contribution < -0.4 is 15.3 Å². The molecule has 0 aliphatic carbocycles. The van der Waals surface area contributed by atoms with E-state index < -0.39 is 12.0 Å². The Morgan fingerprint density at radius 1 is 1.15 bits per heavy atom. The number of benzene rings is 1. The number of aliphatic carboxylic acids is 1. The van der Waals surface area contributed by atoms with Crippen molar-refractivity contribution in [3.63, 3.8) is 0 Å². The monoisotopic (exact) mass is 276 g/mol. The molecule has 1 aromatic rings. The Hall–Kier alpha value is -1.88. The maximum Gasteiger partial charge on any atom is 0.230 e. The van der Waals surface area contributed by atoms with Gasteiger partial charge in [-0.05, 0) is 31.4 Å².